The van der Waals surface area contributed by atoms with Gasteiger partial charge >= 0.3 is 0 Å². The highest BCUT2D eigenvalue weighted by molar-refractivity contribution is 6.02. The minimum atomic E-state index is -0.464. The van der Waals surface area contributed by atoms with E-state index >= 15 is 0 Å². The van der Waals surface area contributed by atoms with Gasteiger partial charge in [0.1, 0.15) is 36.2 Å². The molecule has 0 saturated carbocycles. The van der Waals surface area contributed by atoms with Gasteiger partial charge in [-0.3, -0.25) is 9.59 Å². The third-order valence-corrected chi connectivity index (χ3v) is 4.82. The highest BCUT2D eigenvalue weighted by Crippen LogP contribution is 2.19. The van der Waals surface area contributed by atoms with Crippen molar-refractivity contribution in [1.29, 1.82) is 0 Å². The third-order valence-electron chi connectivity index (χ3n) is 4.82. The molecule has 8 heteroatoms. The number of aromatic nitrogens is 2. The van der Waals surface area contributed by atoms with Crippen molar-refractivity contribution in [3.63, 3.8) is 0 Å². The van der Waals surface area contributed by atoms with E-state index < -0.39 is 5.91 Å². The van der Waals surface area contributed by atoms with Crippen LogP contribution in [0.15, 0.2) is 95.8 Å². The van der Waals surface area contributed by atoms with Gasteiger partial charge in [0, 0.05) is 17.8 Å². The number of anilines is 1. The Bertz CT molecular complexity index is 1310. The Kier molecular flexibility index (Phi) is 7.29. The van der Waals surface area contributed by atoms with Crippen molar-refractivity contribution in [3.8, 4) is 11.5 Å². The van der Waals surface area contributed by atoms with Crippen LogP contribution >= 0.6 is 0 Å². The van der Waals surface area contributed by atoms with Gasteiger partial charge in [-0.15, -0.1) is 0 Å². The molecule has 0 radical (unpaired) electrons. The summed E-state index contributed by atoms with van der Waals surface area (Å²) in [5, 5.41) is 6.91. The van der Waals surface area contributed by atoms with Crippen LogP contribution in [0, 0.1) is 5.82 Å². The zero-order chi connectivity index (χ0) is 23.8. The molecule has 0 saturated heterocycles. The summed E-state index contributed by atoms with van der Waals surface area (Å²) in [4.78, 5) is 24.8. The lowest BCUT2D eigenvalue weighted by Gasteiger charge is -2.11. The molecule has 1 amide bonds. The molecule has 0 bridgehead atoms. The first-order valence-corrected chi connectivity index (χ1v) is 10.6. The Hall–Kier alpha value is -4.46. The molecule has 3 aromatic carbocycles. The highest BCUT2D eigenvalue weighted by Gasteiger charge is 2.11. The fraction of sp³-hybridized carbons (Fsp3) is 0.115. The van der Waals surface area contributed by atoms with Gasteiger partial charge in [-0.2, -0.15) is 5.10 Å². The van der Waals surface area contributed by atoms with Crippen LogP contribution in [0.3, 0.4) is 0 Å². The summed E-state index contributed by atoms with van der Waals surface area (Å²) in [6.45, 7) is 0.687. The fourth-order valence-corrected chi connectivity index (χ4v) is 3.10. The van der Waals surface area contributed by atoms with Crippen LogP contribution in [0.25, 0.3) is 0 Å². The lowest BCUT2D eigenvalue weighted by atomic mass is 10.2. The Labute approximate surface area is 195 Å². The summed E-state index contributed by atoms with van der Waals surface area (Å²) >= 11 is 0. The Balaban J connectivity index is 1.36. The second-order valence-electron chi connectivity index (χ2n) is 7.34. The molecule has 172 valence electrons. The van der Waals surface area contributed by atoms with Gasteiger partial charge in [-0.1, -0.05) is 36.4 Å². The first kappa shape index (κ1) is 22.7. The van der Waals surface area contributed by atoms with Gasteiger partial charge in [0.15, 0.2) is 0 Å². The predicted molar refractivity (Wildman–Crippen MR) is 126 cm³/mol. The first-order valence-electron chi connectivity index (χ1n) is 10.6. The van der Waals surface area contributed by atoms with Crippen molar-refractivity contribution < 1.29 is 18.7 Å². The number of halogens is 1. The monoisotopic (exact) mass is 459 g/mol. The van der Waals surface area contributed by atoms with E-state index in [0.29, 0.717) is 17.2 Å². The molecular weight excluding hydrogens is 437 g/mol. The van der Waals surface area contributed by atoms with Crippen LogP contribution in [0.1, 0.15) is 16.1 Å². The molecule has 0 aliphatic rings. The van der Waals surface area contributed by atoms with Gasteiger partial charge in [-0.05, 0) is 48.0 Å². The third kappa shape index (κ3) is 6.29. The normalized spacial score (nSPS) is 10.5. The van der Waals surface area contributed by atoms with E-state index in [9.17, 15) is 14.0 Å². The summed E-state index contributed by atoms with van der Waals surface area (Å²) in [7, 11) is 0. The first-order chi connectivity index (χ1) is 16.6. The van der Waals surface area contributed by atoms with Gasteiger partial charge in [0.2, 0.25) is 0 Å². The number of benzene rings is 3. The van der Waals surface area contributed by atoms with E-state index in [1.807, 2.05) is 30.3 Å². The lowest BCUT2D eigenvalue weighted by molar-refractivity contribution is 0.101. The van der Waals surface area contributed by atoms with Crippen molar-refractivity contribution in [2.45, 2.75) is 13.2 Å². The number of nitrogens with one attached hydrogen (secondary N) is 1. The molecular formula is C26H22FN3O4. The van der Waals surface area contributed by atoms with Gasteiger partial charge in [0.25, 0.3) is 11.5 Å². The van der Waals surface area contributed by atoms with E-state index in [0.717, 1.165) is 5.56 Å². The van der Waals surface area contributed by atoms with Crippen LogP contribution in [0.5, 0.6) is 11.5 Å². The number of hydrogen-bond donors (Lipinski definition) is 1. The van der Waals surface area contributed by atoms with E-state index in [4.69, 9.17) is 9.47 Å². The van der Waals surface area contributed by atoms with E-state index in [2.05, 4.69) is 10.4 Å². The number of carbonyl (C=O) groups excluding carboxylic acids is 1. The van der Waals surface area contributed by atoms with Crippen LogP contribution in [-0.2, 0) is 13.2 Å². The second-order valence-corrected chi connectivity index (χ2v) is 7.34. The molecule has 34 heavy (non-hydrogen) atoms. The summed E-state index contributed by atoms with van der Waals surface area (Å²) in [6, 6.07) is 24.8. The van der Waals surface area contributed by atoms with Crippen LogP contribution in [0.4, 0.5) is 10.1 Å². The average molecular weight is 459 g/mol. The molecule has 1 aromatic heterocycles. The largest absolute Gasteiger partial charge is 0.492 e. The maximum Gasteiger partial charge on any atom is 0.276 e. The van der Waals surface area contributed by atoms with Crippen molar-refractivity contribution in [1.82, 2.24) is 9.78 Å². The number of amides is 1. The average Bonchev–Trinajstić information content (AvgIpc) is 2.86. The molecule has 0 aliphatic carbocycles. The summed E-state index contributed by atoms with van der Waals surface area (Å²) in [6.07, 6.45) is 0. The molecule has 4 aromatic rings. The topological polar surface area (TPSA) is 82.5 Å². The number of para-hydroxylation sites is 1. The van der Waals surface area contributed by atoms with Crippen LogP contribution in [0.2, 0.25) is 0 Å². The smallest absolute Gasteiger partial charge is 0.276 e. The lowest BCUT2D eigenvalue weighted by Crippen LogP contribution is -2.28. The SMILES string of the molecule is O=C(Nc1cccc(OCc2ccc(F)cc2)c1)c1ccc(=O)n(CCOc2ccccc2)n1. The summed E-state index contributed by atoms with van der Waals surface area (Å²) in [5.74, 6) is 0.453. The van der Waals surface area contributed by atoms with Gasteiger partial charge in [0.05, 0.1) is 6.54 Å². The maximum absolute atomic E-state index is 13.0. The summed E-state index contributed by atoms with van der Waals surface area (Å²) < 4.78 is 25.6. The zero-order valence-corrected chi connectivity index (χ0v) is 18.2. The molecule has 0 aliphatic heterocycles. The van der Waals surface area contributed by atoms with Gasteiger partial charge < -0.3 is 14.8 Å². The number of ether oxygens (including phenoxy) is 2. The van der Waals surface area contributed by atoms with E-state index in [1.165, 1.54) is 28.9 Å². The van der Waals surface area contributed by atoms with Crippen LogP contribution in [-0.4, -0.2) is 22.3 Å². The maximum atomic E-state index is 13.0. The molecule has 0 unspecified atom stereocenters. The fourth-order valence-electron chi connectivity index (χ4n) is 3.10. The minimum absolute atomic E-state index is 0.0944. The molecule has 1 N–H and O–H groups in total. The molecule has 0 atom stereocenters. The Morgan fingerprint density at radius 1 is 0.882 bits per heavy atom. The van der Waals surface area contributed by atoms with Crippen molar-refractivity contribution in [3.05, 3.63) is 118 Å². The Morgan fingerprint density at radius 3 is 2.44 bits per heavy atom. The van der Waals surface area contributed by atoms with E-state index in [-0.39, 0.29) is 36.8 Å². The number of carbonyl (C=O) groups is 1. The van der Waals surface area contributed by atoms with Crippen molar-refractivity contribution >= 4 is 11.6 Å². The Morgan fingerprint density at radius 2 is 1.65 bits per heavy atom. The second kappa shape index (κ2) is 10.9. The molecule has 0 fully saturated rings. The highest BCUT2D eigenvalue weighted by atomic mass is 19.1. The summed E-state index contributed by atoms with van der Waals surface area (Å²) in [5.41, 5.74) is 1.09. The molecule has 1 heterocycles. The number of nitrogens with zero attached hydrogens (tertiary/aromatic N) is 2. The van der Waals surface area contributed by atoms with Crippen molar-refractivity contribution in [2.24, 2.45) is 0 Å². The predicted octanol–water partition coefficient (Wildman–Crippen LogP) is 4.29. The van der Waals surface area contributed by atoms with Crippen LogP contribution < -0.4 is 20.3 Å². The molecule has 7 nitrogen and oxygen atoms in total. The number of rotatable bonds is 9. The number of hydrogen-bond acceptors (Lipinski definition) is 5. The zero-order valence-electron chi connectivity index (χ0n) is 18.2. The van der Waals surface area contributed by atoms with E-state index in [1.54, 1.807) is 36.4 Å². The quantitative estimate of drug-likeness (QED) is 0.404. The minimum Gasteiger partial charge on any atom is -0.492 e. The van der Waals surface area contributed by atoms with Gasteiger partial charge in [-0.25, -0.2) is 9.07 Å². The standard InChI is InChI=1S/C26H22FN3O4/c27-20-11-9-19(10-12-20)18-34-23-8-4-5-21(17-23)28-26(32)24-13-14-25(31)30(29-24)15-16-33-22-6-2-1-3-7-22/h1-14,17H,15-16,18H2,(H,28,32). The van der Waals surface area contributed by atoms with Crippen molar-refractivity contribution in [2.75, 3.05) is 11.9 Å². The molecule has 0 spiro atoms. The molecule has 4 rings (SSSR count).